The molecule has 2 N–H and O–H groups in total. The number of likely N-dealkylation sites (tertiary alicyclic amines) is 1. The Morgan fingerprint density at radius 3 is 2.42 bits per heavy atom. The highest BCUT2D eigenvalue weighted by molar-refractivity contribution is 5.93. The van der Waals surface area contributed by atoms with Crippen molar-refractivity contribution in [3.05, 3.63) is 24.3 Å². The van der Waals surface area contributed by atoms with Crippen LogP contribution in [0.3, 0.4) is 0 Å². The van der Waals surface area contributed by atoms with Crippen LogP contribution in [0.25, 0.3) is 0 Å². The third-order valence-corrected chi connectivity index (χ3v) is 9.15. The number of nitrogens with one attached hydrogen (secondary N) is 1. The number of carbonyl (C=O) groups is 2. The van der Waals surface area contributed by atoms with Crippen LogP contribution in [0.2, 0.25) is 0 Å². The number of carbonyl (C=O) groups excluding carboxylic acids is 2. The lowest BCUT2D eigenvalue weighted by atomic mass is 9.51. The molecule has 7 nitrogen and oxygen atoms in total. The van der Waals surface area contributed by atoms with E-state index >= 15 is 0 Å². The number of aromatic nitrogens is 2. The third kappa shape index (κ3) is 4.79. The standard InChI is InChI=1S/C26H40N4O3/c1-16-7-11-30(12-8-16)25(33)17(2)20-5-9-26(4)10-6-21(18(3)22(26)23(20)31)29-24(32)19-13-27-15-28-14-19/h13-18,20-23,31H,5-12H2,1-4H3,(H,29,32)/t17-,18+,20-,21-,22+,23-,26-/m0/s1. The van der Waals surface area contributed by atoms with Crippen molar-refractivity contribution in [1.29, 1.82) is 0 Å². The van der Waals surface area contributed by atoms with Gasteiger partial charge >= 0.3 is 0 Å². The van der Waals surface area contributed by atoms with Gasteiger partial charge in [0.25, 0.3) is 5.91 Å². The maximum Gasteiger partial charge on any atom is 0.254 e. The summed E-state index contributed by atoms with van der Waals surface area (Å²) >= 11 is 0. The first-order valence-corrected chi connectivity index (χ1v) is 12.7. The Kier molecular flexibility index (Phi) is 7.08. The minimum absolute atomic E-state index is 0.0150. The van der Waals surface area contributed by atoms with E-state index in [4.69, 9.17) is 0 Å². The molecular weight excluding hydrogens is 416 g/mol. The second-order valence-electron chi connectivity index (χ2n) is 11.3. The van der Waals surface area contributed by atoms with Crippen LogP contribution >= 0.6 is 0 Å². The second kappa shape index (κ2) is 9.69. The van der Waals surface area contributed by atoms with Gasteiger partial charge in [0.15, 0.2) is 0 Å². The van der Waals surface area contributed by atoms with Gasteiger partial charge in [0.1, 0.15) is 6.33 Å². The van der Waals surface area contributed by atoms with Crippen LogP contribution < -0.4 is 5.32 Å². The van der Waals surface area contributed by atoms with E-state index in [1.807, 2.05) is 11.8 Å². The van der Waals surface area contributed by atoms with E-state index in [9.17, 15) is 14.7 Å². The van der Waals surface area contributed by atoms with E-state index in [1.54, 1.807) is 0 Å². The molecule has 0 radical (unpaired) electrons. The lowest BCUT2D eigenvalue weighted by molar-refractivity contribution is -0.151. The summed E-state index contributed by atoms with van der Waals surface area (Å²) < 4.78 is 0. The lowest BCUT2D eigenvalue weighted by Crippen LogP contribution is -2.58. The molecule has 0 unspecified atom stereocenters. The van der Waals surface area contributed by atoms with Crippen LogP contribution in [0, 0.1) is 35.0 Å². The topological polar surface area (TPSA) is 95.4 Å². The number of hydrogen-bond donors (Lipinski definition) is 2. The highest BCUT2D eigenvalue weighted by Crippen LogP contribution is 2.55. The van der Waals surface area contributed by atoms with Crippen LogP contribution in [0.5, 0.6) is 0 Å². The zero-order chi connectivity index (χ0) is 23.8. The summed E-state index contributed by atoms with van der Waals surface area (Å²) in [5.74, 6) is 0.680. The summed E-state index contributed by atoms with van der Waals surface area (Å²) in [6, 6.07) is -0.0150. The molecule has 2 heterocycles. The van der Waals surface area contributed by atoms with E-state index in [1.165, 1.54) is 18.7 Å². The minimum Gasteiger partial charge on any atom is -0.392 e. The third-order valence-electron chi connectivity index (χ3n) is 9.15. The molecule has 3 fully saturated rings. The van der Waals surface area contributed by atoms with Gasteiger partial charge in [-0.2, -0.15) is 0 Å². The fourth-order valence-corrected chi connectivity index (χ4v) is 6.87. The van der Waals surface area contributed by atoms with Gasteiger partial charge in [-0.1, -0.05) is 27.7 Å². The summed E-state index contributed by atoms with van der Waals surface area (Å²) in [4.78, 5) is 35.9. The maximum absolute atomic E-state index is 13.3. The number of piperidine rings is 1. The maximum atomic E-state index is 13.3. The van der Waals surface area contributed by atoms with Gasteiger partial charge in [-0.25, -0.2) is 9.97 Å². The predicted octanol–water partition coefficient (Wildman–Crippen LogP) is 3.29. The highest BCUT2D eigenvalue weighted by Gasteiger charge is 2.54. The summed E-state index contributed by atoms with van der Waals surface area (Å²) in [6.07, 6.45) is 9.83. The van der Waals surface area contributed by atoms with Crippen molar-refractivity contribution in [1.82, 2.24) is 20.2 Å². The molecule has 1 aliphatic heterocycles. The van der Waals surface area contributed by atoms with Gasteiger partial charge in [0.2, 0.25) is 5.91 Å². The number of fused-ring (bicyclic) bond motifs is 1. The van der Waals surface area contributed by atoms with Crippen molar-refractivity contribution >= 4 is 11.8 Å². The molecule has 1 saturated heterocycles. The Hall–Kier alpha value is -2.02. The Balaban J connectivity index is 1.45. The van der Waals surface area contributed by atoms with Gasteiger partial charge in [-0.15, -0.1) is 0 Å². The zero-order valence-corrected chi connectivity index (χ0v) is 20.5. The average Bonchev–Trinajstić information content (AvgIpc) is 2.81. The number of hydrogen-bond acceptors (Lipinski definition) is 5. The molecule has 4 rings (SSSR count). The van der Waals surface area contributed by atoms with Gasteiger partial charge in [0, 0.05) is 37.4 Å². The van der Waals surface area contributed by atoms with E-state index in [2.05, 4.69) is 36.1 Å². The van der Waals surface area contributed by atoms with Crippen LogP contribution in [0.4, 0.5) is 0 Å². The number of amides is 2. The molecule has 33 heavy (non-hydrogen) atoms. The van der Waals surface area contributed by atoms with Gasteiger partial charge in [-0.05, 0) is 67.6 Å². The number of rotatable bonds is 4. The molecule has 2 amide bonds. The van der Waals surface area contributed by atoms with E-state index in [0.717, 1.165) is 51.6 Å². The highest BCUT2D eigenvalue weighted by atomic mass is 16.3. The largest absolute Gasteiger partial charge is 0.392 e. The number of aliphatic hydroxyl groups excluding tert-OH is 1. The number of aliphatic hydroxyl groups is 1. The quantitative estimate of drug-likeness (QED) is 0.725. The fraction of sp³-hybridized carbons (Fsp3) is 0.769. The van der Waals surface area contributed by atoms with Crippen molar-refractivity contribution < 1.29 is 14.7 Å². The fourth-order valence-electron chi connectivity index (χ4n) is 6.87. The van der Waals surface area contributed by atoms with E-state index in [-0.39, 0.29) is 46.9 Å². The molecule has 0 aromatic carbocycles. The molecule has 182 valence electrons. The summed E-state index contributed by atoms with van der Waals surface area (Å²) in [5.41, 5.74) is 0.491. The molecule has 0 bridgehead atoms. The summed E-state index contributed by atoms with van der Waals surface area (Å²) in [5, 5.41) is 14.8. The SMILES string of the molecule is CC1CCN(C(=O)[C@@H](C)[C@@H]2CC[C@@]3(C)CC[C@H](NC(=O)c4cncnc4)[C@@H](C)[C@@H]3[C@H]2O)CC1. The smallest absolute Gasteiger partial charge is 0.254 e. The monoisotopic (exact) mass is 456 g/mol. The van der Waals surface area contributed by atoms with Crippen molar-refractivity contribution in [2.24, 2.45) is 35.0 Å². The molecule has 0 spiro atoms. The molecule has 7 atom stereocenters. The van der Waals surface area contributed by atoms with Crippen LogP contribution in [0.15, 0.2) is 18.7 Å². The second-order valence-corrected chi connectivity index (χ2v) is 11.3. The van der Waals surface area contributed by atoms with Crippen molar-refractivity contribution in [3.8, 4) is 0 Å². The lowest BCUT2D eigenvalue weighted by Gasteiger charge is -2.56. The first-order valence-electron chi connectivity index (χ1n) is 12.7. The Morgan fingerprint density at radius 1 is 1.12 bits per heavy atom. The van der Waals surface area contributed by atoms with Crippen LogP contribution in [-0.4, -0.2) is 57.0 Å². The van der Waals surface area contributed by atoms with Crippen LogP contribution in [0.1, 0.15) is 76.6 Å². The predicted molar refractivity (Wildman–Crippen MR) is 126 cm³/mol. The zero-order valence-electron chi connectivity index (χ0n) is 20.5. The normalized spacial score (nSPS) is 36.0. The first kappa shape index (κ1) is 24.1. The number of nitrogens with zero attached hydrogens (tertiary/aromatic N) is 3. The molecule has 2 saturated carbocycles. The van der Waals surface area contributed by atoms with Crippen molar-refractivity contribution in [2.45, 2.75) is 78.4 Å². The molecular formula is C26H40N4O3. The van der Waals surface area contributed by atoms with Gasteiger partial charge < -0.3 is 15.3 Å². The van der Waals surface area contributed by atoms with E-state index in [0.29, 0.717) is 11.5 Å². The van der Waals surface area contributed by atoms with E-state index < -0.39 is 6.10 Å². The Morgan fingerprint density at radius 2 is 1.76 bits per heavy atom. The van der Waals surface area contributed by atoms with Crippen molar-refractivity contribution in [3.63, 3.8) is 0 Å². The average molecular weight is 457 g/mol. The first-order chi connectivity index (χ1) is 15.7. The van der Waals surface area contributed by atoms with Crippen molar-refractivity contribution in [2.75, 3.05) is 13.1 Å². The molecule has 3 aliphatic rings. The molecule has 7 heteroatoms. The minimum atomic E-state index is -0.541. The Labute approximate surface area is 197 Å². The summed E-state index contributed by atoms with van der Waals surface area (Å²) in [6.45, 7) is 10.4. The summed E-state index contributed by atoms with van der Waals surface area (Å²) in [7, 11) is 0. The van der Waals surface area contributed by atoms with Crippen LogP contribution in [-0.2, 0) is 4.79 Å². The Bertz CT molecular complexity index is 841. The molecule has 1 aromatic heterocycles. The van der Waals surface area contributed by atoms with Gasteiger partial charge in [-0.3, -0.25) is 9.59 Å². The van der Waals surface area contributed by atoms with Gasteiger partial charge in [0.05, 0.1) is 11.7 Å². The molecule has 2 aliphatic carbocycles. The molecule has 1 aromatic rings.